The van der Waals surface area contributed by atoms with Crippen molar-refractivity contribution in [3.63, 3.8) is 0 Å². The van der Waals surface area contributed by atoms with Crippen molar-refractivity contribution in [1.82, 2.24) is 9.97 Å². The lowest BCUT2D eigenvalue weighted by atomic mass is 10.2. The Balaban J connectivity index is 2.30. The van der Waals surface area contributed by atoms with Gasteiger partial charge in [-0.05, 0) is 42.3 Å². The smallest absolute Gasteiger partial charge is 0.264 e. The second-order valence-electron chi connectivity index (χ2n) is 3.79. The summed E-state index contributed by atoms with van der Waals surface area (Å²) in [7, 11) is -3.77. The van der Waals surface area contributed by atoms with Crippen LogP contribution in [0.25, 0.3) is 0 Å². The molecule has 1 aromatic heterocycles. The SMILES string of the molecule is Cc1cc(NS(=O)(=O)c2cnc(Cl)nc2)ccc1O. The van der Waals surface area contributed by atoms with Gasteiger partial charge in [-0.1, -0.05) is 0 Å². The van der Waals surface area contributed by atoms with Crippen molar-refractivity contribution in [2.24, 2.45) is 0 Å². The van der Waals surface area contributed by atoms with E-state index >= 15 is 0 Å². The van der Waals surface area contributed by atoms with Gasteiger partial charge in [-0.3, -0.25) is 4.72 Å². The molecule has 0 aliphatic carbocycles. The van der Waals surface area contributed by atoms with Gasteiger partial charge in [0.15, 0.2) is 0 Å². The molecule has 0 radical (unpaired) electrons. The molecule has 8 heteroatoms. The Labute approximate surface area is 115 Å². The van der Waals surface area contributed by atoms with Gasteiger partial charge in [0.25, 0.3) is 10.0 Å². The Hall–Kier alpha value is -1.86. The number of benzene rings is 1. The minimum absolute atomic E-state index is 0.0283. The summed E-state index contributed by atoms with van der Waals surface area (Å²) >= 11 is 5.49. The highest BCUT2D eigenvalue weighted by Crippen LogP contribution is 2.22. The van der Waals surface area contributed by atoms with Crippen molar-refractivity contribution in [3.8, 4) is 5.75 Å². The first-order valence-corrected chi connectivity index (χ1v) is 7.04. The van der Waals surface area contributed by atoms with Crippen LogP contribution in [0.4, 0.5) is 5.69 Å². The van der Waals surface area contributed by atoms with Gasteiger partial charge in [-0.2, -0.15) is 0 Å². The van der Waals surface area contributed by atoms with E-state index in [4.69, 9.17) is 11.6 Å². The predicted octanol–water partition coefficient (Wildman–Crippen LogP) is 1.94. The second-order valence-corrected chi connectivity index (χ2v) is 5.82. The molecule has 0 aliphatic heterocycles. The topological polar surface area (TPSA) is 92.2 Å². The minimum Gasteiger partial charge on any atom is -0.508 e. The van der Waals surface area contributed by atoms with E-state index in [2.05, 4.69) is 14.7 Å². The fourth-order valence-corrected chi connectivity index (χ4v) is 2.41. The zero-order chi connectivity index (χ0) is 14.0. The summed E-state index contributed by atoms with van der Waals surface area (Å²) in [6, 6.07) is 4.38. The Morgan fingerprint density at radius 3 is 2.47 bits per heavy atom. The molecule has 1 heterocycles. The first-order chi connectivity index (χ1) is 8.88. The molecule has 2 aromatic rings. The van der Waals surface area contributed by atoms with Crippen LogP contribution in [0.3, 0.4) is 0 Å². The molecule has 0 atom stereocenters. The highest BCUT2D eigenvalue weighted by molar-refractivity contribution is 7.92. The standard InChI is InChI=1S/C11H10ClN3O3S/c1-7-4-8(2-3-10(7)16)15-19(17,18)9-5-13-11(12)14-6-9/h2-6,15-16H,1H3. The zero-order valence-electron chi connectivity index (χ0n) is 9.83. The number of rotatable bonds is 3. The summed E-state index contributed by atoms with van der Waals surface area (Å²) in [4.78, 5) is 7.13. The van der Waals surface area contributed by atoms with Gasteiger partial charge in [0.2, 0.25) is 5.28 Å². The minimum atomic E-state index is -3.77. The number of sulfonamides is 1. The number of phenolic OH excluding ortho intramolecular Hbond substituents is 1. The predicted molar refractivity (Wildman–Crippen MR) is 70.7 cm³/mol. The lowest BCUT2D eigenvalue weighted by Gasteiger charge is -2.08. The normalized spacial score (nSPS) is 11.3. The number of anilines is 1. The van der Waals surface area contributed by atoms with E-state index in [0.717, 1.165) is 12.4 Å². The van der Waals surface area contributed by atoms with Crippen molar-refractivity contribution in [3.05, 3.63) is 41.4 Å². The van der Waals surface area contributed by atoms with Crippen molar-refractivity contribution in [1.29, 1.82) is 0 Å². The maximum absolute atomic E-state index is 12.0. The molecule has 0 fully saturated rings. The van der Waals surface area contributed by atoms with E-state index in [1.54, 1.807) is 6.92 Å². The molecular weight excluding hydrogens is 290 g/mol. The van der Waals surface area contributed by atoms with Gasteiger partial charge in [0.05, 0.1) is 12.4 Å². The van der Waals surface area contributed by atoms with E-state index in [1.807, 2.05) is 0 Å². The van der Waals surface area contributed by atoms with E-state index < -0.39 is 10.0 Å². The highest BCUT2D eigenvalue weighted by atomic mass is 35.5. The van der Waals surface area contributed by atoms with Gasteiger partial charge in [-0.15, -0.1) is 0 Å². The number of phenols is 1. The summed E-state index contributed by atoms with van der Waals surface area (Å²) in [5.74, 6) is 0.0952. The molecule has 0 aliphatic rings. The monoisotopic (exact) mass is 299 g/mol. The average molecular weight is 300 g/mol. The fraction of sp³-hybridized carbons (Fsp3) is 0.0909. The number of aromatic nitrogens is 2. The molecule has 0 amide bonds. The van der Waals surface area contributed by atoms with Gasteiger partial charge in [0, 0.05) is 5.69 Å². The molecular formula is C11H10ClN3O3S. The number of aryl methyl sites for hydroxylation is 1. The number of halogens is 1. The lowest BCUT2D eigenvalue weighted by molar-refractivity contribution is 0.471. The molecule has 100 valence electrons. The van der Waals surface area contributed by atoms with Crippen LogP contribution < -0.4 is 4.72 Å². The Morgan fingerprint density at radius 2 is 1.89 bits per heavy atom. The van der Waals surface area contributed by atoms with E-state index in [-0.39, 0.29) is 15.9 Å². The largest absolute Gasteiger partial charge is 0.508 e. The van der Waals surface area contributed by atoms with Gasteiger partial charge < -0.3 is 5.11 Å². The van der Waals surface area contributed by atoms with Gasteiger partial charge in [-0.25, -0.2) is 18.4 Å². The van der Waals surface area contributed by atoms with Crippen molar-refractivity contribution in [2.75, 3.05) is 4.72 Å². The number of hydrogen-bond donors (Lipinski definition) is 2. The third kappa shape index (κ3) is 3.12. The number of nitrogens with one attached hydrogen (secondary N) is 1. The Morgan fingerprint density at radius 1 is 1.26 bits per heavy atom. The molecule has 0 spiro atoms. The summed E-state index contributed by atoms with van der Waals surface area (Å²) in [6.07, 6.45) is 2.23. The van der Waals surface area contributed by atoms with Crippen LogP contribution in [-0.4, -0.2) is 23.5 Å². The lowest BCUT2D eigenvalue weighted by Crippen LogP contribution is -2.13. The molecule has 0 saturated carbocycles. The molecule has 2 N–H and O–H groups in total. The van der Waals surface area contributed by atoms with E-state index in [0.29, 0.717) is 11.3 Å². The Kier molecular flexibility index (Phi) is 3.59. The van der Waals surface area contributed by atoms with Crippen LogP contribution >= 0.6 is 11.6 Å². The Bertz CT molecular complexity index is 702. The molecule has 19 heavy (non-hydrogen) atoms. The average Bonchev–Trinajstić information content (AvgIpc) is 2.34. The molecule has 1 aromatic carbocycles. The summed E-state index contributed by atoms with van der Waals surface area (Å²) in [5, 5.41) is 9.35. The molecule has 0 unspecified atom stereocenters. The molecule has 0 saturated heterocycles. The third-order valence-corrected chi connectivity index (χ3v) is 3.89. The van der Waals surface area contributed by atoms with Crippen LogP contribution in [0.2, 0.25) is 5.28 Å². The first kappa shape index (κ1) is 13.6. The van der Waals surface area contributed by atoms with Gasteiger partial charge >= 0.3 is 0 Å². The fourth-order valence-electron chi connectivity index (χ4n) is 1.37. The number of hydrogen-bond acceptors (Lipinski definition) is 5. The highest BCUT2D eigenvalue weighted by Gasteiger charge is 2.15. The van der Waals surface area contributed by atoms with Crippen molar-refractivity contribution < 1.29 is 13.5 Å². The molecule has 0 bridgehead atoms. The van der Waals surface area contributed by atoms with E-state index in [9.17, 15) is 13.5 Å². The van der Waals surface area contributed by atoms with Crippen molar-refractivity contribution >= 4 is 27.3 Å². The van der Waals surface area contributed by atoms with Crippen LogP contribution in [0.1, 0.15) is 5.56 Å². The number of aromatic hydroxyl groups is 1. The maximum Gasteiger partial charge on any atom is 0.264 e. The maximum atomic E-state index is 12.0. The summed E-state index contributed by atoms with van der Waals surface area (Å²) in [5.41, 5.74) is 0.901. The molecule has 2 rings (SSSR count). The van der Waals surface area contributed by atoms with Crippen LogP contribution in [-0.2, 0) is 10.0 Å². The van der Waals surface area contributed by atoms with E-state index in [1.165, 1.54) is 18.2 Å². The third-order valence-electron chi connectivity index (χ3n) is 2.36. The summed E-state index contributed by atoms with van der Waals surface area (Å²) in [6.45, 7) is 1.67. The first-order valence-electron chi connectivity index (χ1n) is 5.18. The molecule has 6 nitrogen and oxygen atoms in total. The number of nitrogens with zero attached hydrogens (tertiary/aromatic N) is 2. The van der Waals surface area contributed by atoms with Crippen LogP contribution in [0.5, 0.6) is 5.75 Å². The van der Waals surface area contributed by atoms with Crippen LogP contribution in [0.15, 0.2) is 35.5 Å². The van der Waals surface area contributed by atoms with Gasteiger partial charge in [0.1, 0.15) is 10.6 Å². The summed E-state index contributed by atoms with van der Waals surface area (Å²) < 4.78 is 26.4. The quantitative estimate of drug-likeness (QED) is 0.667. The second kappa shape index (κ2) is 5.02. The van der Waals surface area contributed by atoms with Crippen molar-refractivity contribution in [2.45, 2.75) is 11.8 Å². The van der Waals surface area contributed by atoms with Crippen LogP contribution in [0, 0.1) is 6.92 Å². The zero-order valence-corrected chi connectivity index (χ0v) is 11.4.